The number of hydrogen-bond donors (Lipinski definition) is 0. The van der Waals surface area contributed by atoms with E-state index in [4.69, 9.17) is 9.97 Å². The van der Waals surface area contributed by atoms with Gasteiger partial charge in [0.25, 0.3) is 0 Å². The van der Waals surface area contributed by atoms with Crippen LogP contribution in [0.5, 0.6) is 0 Å². The Hall–Kier alpha value is -6.59. The van der Waals surface area contributed by atoms with Crippen LogP contribution in [0.15, 0.2) is 133 Å². The molecule has 1 aliphatic rings. The predicted molar refractivity (Wildman–Crippen MR) is 195 cm³/mol. The second-order valence-electron chi connectivity index (χ2n) is 12.9. The highest BCUT2D eigenvalue weighted by Gasteiger charge is 2.29. The second kappa shape index (κ2) is 8.41. The molecule has 0 atom stereocenters. The molecule has 0 amide bonds. The lowest BCUT2D eigenvalue weighted by molar-refractivity contribution is 0.104. The highest BCUT2D eigenvalue weighted by Crippen LogP contribution is 2.48. The molecule has 0 bridgehead atoms. The zero-order valence-electron chi connectivity index (χ0n) is 25.4. The van der Waals surface area contributed by atoms with Crippen LogP contribution in [0.25, 0.3) is 98.8 Å². The molecule has 1 aliphatic carbocycles. The van der Waals surface area contributed by atoms with Crippen molar-refractivity contribution in [3.05, 3.63) is 145 Å². The van der Waals surface area contributed by atoms with Gasteiger partial charge in [-0.2, -0.15) is 0 Å². The van der Waals surface area contributed by atoms with Gasteiger partial charge in [0.2, 0.25) is 5.95 Å². The summed E-state index contributed by atoms with van der Waals surface area (Å²) in [6.07, 6.45) is 0. The molecule has 11 aromatic rings. The van der Waals surface area contributed by atoms with Crippen molar-refractivity contribution in [1.82, 2.24) is 18.9 Å². The first-order chi connectivity index (χ1) is 23.8. The van der Waals surface area contributed by atoms with Crippen LogP contribution in [0.3, 0.4) is 0 Å². The first-order valence-corrected chi connectivity index (χ1v) is 16.2. The number of benzene rings is 7. The molecule has 220 valence electrons. The molecular formula is C43H22N4O. The van der Waals surface area contributed by atoms with Crippen LogP contribution in [0.2, 0.25) is 0 Å². The minimum absolute atomic E-state index is 0.0182. The Kier molecular flexibility index (Phi) is 4.31. The van der Waals surface area contributed by atoms with Crippen molar-refractivity contribution in [2.75, 3.05) is 0 Å². The molecule has 5 nitrogen and oxygen atoms in total. The number of para-hydroxylation sites is 2. The number of aromatic nitrogens is 4. The van der Waals surface area contributed by atoms with E-state index in [1.54, 1.807) is 0 Å². The fourth-order valence-corrected chi connectivity index (χ4v) is 8.68. The third-order valence-electron chi connectivity index (χ3n) is 10.6. The quantitative estimate of drug-likeness (QED) is 0.186. The summed E-state index contributed by atoms with van der Waals surface area (Å²) in [4.78, 5) is 24.1. The van der Waals surface area contributed by atoms with E-state index < -0.39 is 0 Å². The van der Waals surface area contributed by atoms with Gasteiger partial charge in [-0.25, -0.2) is 9.97 Å². The van der Waals surface area contributed by atoms with Crippen LogP contribution in [0, 0.1) is 0 Å². The lowest BCUT2D eigenvalue weighted by Gasteiger charge is -2.19. The van der Waals surface area contributed by atoms with Gasteiger partial charge in [0.15, 0.2) is 5.78 Å². The molecule has 0 N–H and O–H groups in total. The third-order valence-corrected chi connectivity index (χ3v) is 10.6. The lowest BCUT2D eigenvalue weighted by atomic mass is 9.87. The zero-order chi connectivity index (χ0) is 31.2. The third kappa shape index (κ3) is 2.79. The molecule has 4 heterocycles. The van der Waals surface area contributed by atoms with Gasteiger partial charge in [-0.05, 0) is 41.1 Å². The Balaban J connectivity index is 1.33. The van der Waals surface area contributed by atoms with Gasteiger partial charge in [-0.1, -0.05) is 103 Å². The summed E-state index contributed by atoms with van der Waals surface area (Å²) in [6, 6.07) is 46.5. The van der Waals surface area contributed by atoms with Crippen LogP contribution in [-0.4, -0.2) is 24.7 Å². The highest BCUT2D eigenvalue weighted by atomic mass is 16.1. The highest BCUT2D eigenvalue weighted by molar-refractivity contribution is 6.39. The Labute approximate surface area is 272 Å². The van der Waals surface area contributed by atoms with Gasteiger partial charge in [0.1, 0.15) is 0 Å². The maximum atomic E-state index is 13.6. The first-order valence-electron chi connectivity index (χ1n) is 16.2. The summed E-state index contributed by atoms with van der Waals surface area (Å²) in [7, 11) is 0. The fourth-order valence-electron chi connectivity index (χ4n) is 8.68. The smallest absolute Gasteiger partial charge is 0.235 e. The largest absolute Gasteiger partial charge is 0.308 e. The maximum absolute atomic E-state index is 13.6. The van der Waals surface area contributed by atoms with Gasteiger partial charge < -0.3 is 4.40 Å². The Morgan fingerprint density at radius 3 is 2.06 bits per heavy atom. The van der Waals surface area contributed by atoms with Crippen molar-refractivity contribution in [2.24, 2.45) is 0 Å². The van der Waals surface area contributed by atoms with Crippen molar-refractivity contribution in [1.29, 1.82) is 0 Å². The second-order valence-corrected chi connectivity index (χ2v) is 12.9. The lowest BCUT2D eigenvalue weighted by Crippen LogP contribution is -2.13. The van der Waals surface area contributed by atoms with Gasteiger partial charge in [-0.15, -0.1) is 0 Å². The van der Waals surface area contributed by atoms with Gasteiger partial charge in [0.05, 0.1) is 38.8 Å². The predicted octanol–water partition coefficient (Wildman–Crippen LogP) is 10.2. The molecule has 0 aliphatic heterocycles. The molecule has 48 heavy (non-hydrogen) atoms. The van der Waals surface area contributed by atoms with Crippen LogP contribution in [0.4, 0.5) is 0 Å². The molecule has 0 saturated heterocycles. The summed E-state index contributed by atoms with van der Waals surface area (Å²) < 4.78 is 4.69. The Morgan fingerprint density at radius 1 is 0.458 bits per heavy atom. The molecule has 0 fully saturated rings. The molecule has 7 aromatic carbocycles. The van der Waals surface area contributed by atoms with Crippen molar-refractivity contribution in [2.45, 2.75) is 0 Å². The summed E-state index contributed by atoms with van der Waals surface area (Å²) >= 11 is 0. The van der Waals surface area contributed by atoms with Crippen molar-refractivity contribution < 1.29 is 4.79 Å². The van der Waals surface area contributed by atoms with Gasteiger partial charge in [0, 0.05) is 54.4 Å². The monoisotopic (exact) mass is 610 g/mol. The molecule has 0 radical (unpaired) electrons. The molecule has 0 saturated carbocycles. The van der Waals surface area contributed by atoms with Crippen LogP contribution in [0.1, 0.15) is 15.9 Å². The van der Waals surface area contributed by atoms with E-state index in [1.165, 1.54) is 54.3 Å². The standard InChI is InChI=1S/C43H22N4O/c48-42-27-14-4-3-13-26(27)40-36-29(42)16-9-17-31(36)44-43(45-40)47-33-19-8-6-15-28(33)38-35(47)22-30-25-12-5-7-18-32(25)46-34-21-20-23-10-1-2-11-24(23)37(34)39(38)41(30)46/h1-22H. The number of nitrogens with zero attached hydrogens (tertiary/aromatic N) is 4. The zero-order valence-corrected chi connectivity index (χ0v) is 25.4. The molecule has 0 unspecified atom stereocenters. The van der Waals surface area contributed by atoms with E-state index in [2.05, 4.69) is 100.0 Å². The van der Waals surface area contributed by atoms with Gasteiger partial charge in [-0.3, -0.25) is 9.36 Å². The van der Waals surface area contributed by atoms with Gasteiger partial charge >= 0.3 is 0 Å². The van der Waals surface area contributed by atoms with E-state index in [1.807, 2.05) is 42.5 Å². The minimum atomic E-state index is 0.0182. The summed E-state index contributed by atoms with van der Waals surface area (Å²) in [5.74, 6) is 0.612. The van der Waals surface area contributed by atoms with Crippen molar-refractivity contribution in [3.63, 3.8) is 0 Å². The van der Waals surface area contributed by atoms with E-state index in [0.717, 1.165) is 38.6 Å². The summed E-state index contributed by atoms with van der Waals surface area (Å²) in [5.41, 5.74) is 9.49. The number of fused-ring (bicyclic) bond motifs is 14. The molecule has 5 heteroatoms. The number of ketones is 1. The van der Waals surface area contributed by atoms with Crippen molar-refractivity contribution in [3.8, 4) is 17.2 Å². The van der Waals surface area contributed by atoms with E-state index >= 15 is 0 Å². The van der Waals surface area contributed by atoms with Crippen LogP contribution >= 0.6 is 0 Å². The number of hydrogen-bond acceptors (Lipinski definition) is 3. The maximum Gasteiger partial charge on any atom is 0.235 e. The van der Waals surface area contributed by atoms with E-state index in [0.29, 0.717) is 17.1 Å². The van der Waals surface area contributed by atoms with E-state index in [-0.39, 0.29) is 5.78 Å². The Morgan fingerprint density at radius 2 is 1.17 bits per heavy atom. The number of carbonyl (C=O) groups is 1. The normalized spacial score (nSPS) is 13.0. The molecule has 4 aromatic heterocycles. The molecular weight excluding hydrogens is 589 g/mol. The fraction of sp³-hybridized carbons (Fsp3) is 0. The Bertz CT molecular complexity index is 3250. The average molecular weight is 611 g/mol. The molecule has 12 rings (SSSR count). The van der Waals surface area contributed by atoms with Crippen LogP contribution < -0.4 is 0 Å². The SMILES string of the molecule is O=C1c2ccccc2-c2nc(-n3c4ccccc4c4c5c6c7ccccc7ccc6n6c7ccccc7c(cc43)c56)nc3cccc1c23. The number of rotatable bonds is 1. The average Bonchev–Trinajstić information content (AvgIpc) is 3.78. The minimum Gasteiger partial charge on any atom is -0.308 e. The topological polar surface area (TPSA) is 52.2 Å². The first kappa shape index (κ1) is 24.6. The van der Waals surface area contributed by atoms with E-state index in [9.17, 15) is 4.79 Å². The summed E-state index contributed by atoms with van der Waals surface area (Å²) in [6.45, 7) is 0. The summed E-state index contributed by atoms with van der Waals surface area (Å²) in [5, 5.41) is 10.6. The van der Waals surface area contributed by atoms with Crippen molar-refractivity contribution >= 4 is 87.4 Å². The number of carbonyl (C=O) groups excluding carboxylic acids is 1. The molecule has 0 spiro atoms. The van der Waals surface area contributed by atoms with Crippen LogP contribution in [-0.2, 0) is 0 Å².